The molecule has 2 rings (SSSR count). The highest BCUT2D eigenvalue weighted by Crippen LogP contribution is 2.31. The molecule has 6 heteroatoms. The van der Waals surface area contributed by atoms with E-state index < -0.39 is 11.6 Å². The van der Waals surface area contributed by atoms with Crippen LogP contribution in [0.25, 0.3) is 0 Å². The second-order valence-corrected chi connectivity index (χ2v) is 5.14. The Morgan fingerprint density at radius 3 is 2.44 bits per heavy atom. The van der Waals surface area contributed by atoms with Gasteiger partial charge in [0, 0.05) is 4.90 Å². The van der Waals surface area contributed by atoms with Crippen LogP contribution >= 0.6 is 23.4 Å². The van der Waals surface area contributed by atoms with E-state index in [1.54, 1.807) is 0 Å². The molecule has 0 fully saturated rings. The summed E-state index contributed by atoms with van der Waals surface area (Å²) < 4.78 is 25.9. The Bertz CT molecular complexity index is 605. The fraction of sp³-hybridized carbons (Fsp3) is 0.167. The van der Waals surface area contributed by atoms with Crippen LogP contribution in [0.5, 0.6) is 0 Å². The number of aromatic nitrogens is 2. The van der Waals surface area contributed by atoms with Gasteiger partial charge < -0.3 is 0 Å². The van der Waals surface area contributed by atoms with E-state index in [0.717, 1.165) is 23.3 Å². The molecule has 0 unspecified atom stereocenters. The van der Waals surface area contributed by atoms with E-state index >= 15 is 0 Å². The molecule has 1 aromatic carbocycles. The quantitative estimate of drug-likeness (QED) is 0.828. The zero-order valence-corrected chi connectivity index (χ0v) is 11.2. The highest BCUT2D eigenvalue weighted by molar-refractivity contribution is 7.99. The normalized spacial score (nSPS) is 10.7. The summed E-state index contributed by atoms with van der Waals surface area (Å²) >= 11 is 7.06. The maximum Gasteiger partial charge on any atom is 0.159 e. The molecule has 0 aliphatic carbocycles. The first kappa shape index (κ1) is 13.2. The summed E-state index contributed by atoms with van der Waals surface area (Å²) in [5, 5.41) is 8.73. The lowest BCUT2D eigenvalue weighted by atomic mass is 10.2. The number of hydrogen-bond acceptors (Lipinski definition) is 3. The van der Waals surface area contributed by atoms with Crippen molar-refractivity contribution >= 4 is 23.4 Å². The van der Waals surface area contributed by atoms with Gasteiger partial charge in [-0.1, -0.05) is 23.4 Å². The van der Waals surface area contributed by atoms with Gasteiger partial charge >= 0.3 is 0 Å². The first-order chi connectivity index (χ1) is 8.49. The van der Waals surface area contributed by atoms with Gasteiger partial charge in [-0.3, -0.25) is 0 Å². The van der Waals surface area contributed by atoms with E-state index in [1.807, 2.05) is 13.8 Å². The van der Waals surface area contributed by atoms with Gasteiger partial charge in [-0.15, -0.1) is 10.2 Å². The third-order valence-corrected chi connectivity index (χ3v) is 3.96. The molecule has 0 bridgehead atoms. The SMILES string of the molecule is Cc1c(Cl)nnc(Sc2ccc(F)c(F)c2)c1C. The maximum absolute atomic E-state index is 13.1. The van der Waals surface area contributed by atoms with E-state index in [0.29, 0.717) is 15.1 Å². The predicted octanol–water partition coefficient (Wildman–Crippen LogP) is 4.18. The average molecular weight is 287 g/mol. The molecule has 18 heavy (non-hydrogen) atoms. The minimum atomic E-state index is -0.878. The van der Waals surface area contributed by atoms with Crippen LogP contribution in [0.15, 0.2) is 28.1 Å². The molecule has 2 aromatic rings. The number of nitrogens with zero attached hydrogens (tertiary/aromatic N) is 2. The molecule has 2 nitrogen and oxygen atoms in total. The number of rotatable bonds is 2. The molecule has 1 heterocycles. The second kappa shape index (κ2) is 5.20. The molecule has 0 aliphatic heterocycles. The Balaban J connectivity index is 2.34. The number of halogens is 3. The second-order valence-electron chi connectivity index (χ2n) is 3.72. The average Bonchev–Trinajstić information content (AvgIpc) is 2.34. The van der Waals surface area contributed by atoms with Crippen molar-refractivity contribution < 1.29 is 8.78 Å². The zero-order chi connectivity index (χ0) is 13.3. The van der Waals surface area contributed by atoms with E-state index in [-0.39, 0.29) is 0 Å². The maximum atomic E-state index is 13.1. The third-order valence-electron chi connectivity index (χ3n) is 2.53. The molecule has 94 valence electrons. The standard InChI is InChI=1S/C12H9ClF2N2S/c1-6-7(2)12(17-16-11(6)13)18-8-3-4-9(14)10(15)5-8/h3-5H,1-2H3. The molecule has 0 amide bonds. The van der Waals surface area contributed by atoms with Crippen molar-refractivity contribution in [1.82, 2.24) is 10.2 Å². The fourth-order valence-corrected chi connectivity index (χ4v) is 2.39. The van der Waals surface area contributed by atoms with Crippen molar-refractivity contribution in [2.75, 3.05) is 0 Å². The van der Waals surface area contributed by atoms with Crippen LogP contribution in [0.2, 0.25) is 5.15 Å². The first-order valence-electron chi connectivity index (χ1n) is 5.11. The third kappa shape index (κ3) is 2.62. The topological polar surface area (TPSA) is 25.8 Å². The van der Waals surface area contributed by atoms with E-state index in [1.165, 1.54) is 17.8 Å². The molecular formula is C12H9ClF2N2S. The Hall–Kier alpha value is -1.20. The van der Waals surface area contributed by atoms with Crippen molar-refractivity contribution in [2.45, 2.75) is 23.8 Å². The van der Waals surface area contributed by atoms with Gasteiger partial charge in [0.2, 0.25) is 0 Å². The van der Waals surface area contributed by atoms with Crippen molar-refractivity contribution in [3.8, 4) is 0 Å². The van der Waals surface area contributed by atoms with E-state index in [9.17, 15) is 8.78 Å². The molecule has 0 atom stereocenters. The van der Waals surface area contributed by atoms with Crippen LogP contribution in [0.1, 0.15) is 11.1 Å². The van der Waals surface area contributed by atoms with Crippen molar-refractivity contribution in [3.63, 3.8) is 0 Å². The number of benzene rings is 1. The summed E-state index contributed by atoms with van der Waals surface area (Å²) in [6.07, 6.45) is 0. The molecular weight excluding hydrogens is 278 g/mol. The Morgan fingerprint density at radius 1 is 1.06 bits per heavy atom. The zero-order valence-electron chi connectivity index (χ0n) is 9.67. The Morgan fingerprint density at radius 2 is 1.78 bits per heavy atom. The van der Waals surface area contributed by atoms with Gasteiger partial charge in [0.15, 0.2) is 16.8 Å². The summed E-state index contributed by atoms with van der Waals surface area (Å²) in [4.78, 5) is 0.563. The van der Waals surface area contributed by atoms with E-state index in [4.69, 9.17) is 11.6 Å². The summed E-state index contributed by atoms with van der Waals surface area (Å²) in [5.74, 6) is -1.74. The van der Waals surface area contributed by atoms with Crippen molar-refractivity contribution in [1.29, 1.82) is 0 Å². The van der Waals surface area contributed by atoms with Crippen molar-refractivity contribution in [2.24, 2.45) is 0 Å². The minimum absolute atomic E-state index is 0.349. The molecule has 0 saturated heterocycles. The molecule has 1 aromatic heterocycles. The van der Waals surface area contributed by atoms with E-state index in [2.05, 4.69) is 10.2 Å². The van der Waals surface area contributed by atoms with Crippen molar-refractivity contribution in [3.05, 3.63) is 46.1 Å². The fourth-order valence-electron chi connectivity index (χ4n) is 1.30. The molecule has 0 aliphatic rings. The smallest absolute Gasteiger partial charge is 0.159 e. The van der Waals surface area contributed by atoms with Crippen LogP contribution in [-0.2, 0) is 0 Å². The predicted molar refractivity (Wildman–Crippen MR) is 67.0 cm³/mol. The minimum Gasteiger partial charge on any atom is -0.204 e. The molecule has 0 radical (unpaired) electrons. The van der Waals surface area contributed by atoms with Crippen LogP contribution in [-0.4, -0.2) is 10.2 Å². The summed E-state index contributed by atoms with van der Waals surface area (Å²) in [5.41, 5.74) is 1.71. The van der Waals surface area contributed by atoms with Gasteiger partial charge in [-0.2, -0.15) is 0 Å². The van der Waals surface area contributed by atoms with Gasteiger partial charge in [-0.05, 0) is 43.2 Å². The van der Waals surface area contributed by atoms with Crippen LogP contribution in [0.3, 0.4) is 0 Å². The Kier molecular flexibility index (Phi) is 3.82. The molecule has 0 N–H and O–H groups in total. The highest BCUT2D eigenvalue weighted by Gasteiger charge is 2.11. The highest BCUT2D eigenvalue weighted by atomic mass is 35.5. The summed E-state index contributed by atoms with van der Waals surface area (Å²) in [6.45, 7) is 3.69. The van der Waals surface area contributed by atoms with Crippen LogP contribution in [0.4, 0.5) is 8.78 Å². The van der Waals surface area contributed by atoms with Crippen LogP contribution in [0, 0.1) is 25.5 Å². The van der Waals surface area contributed by atoms with Gasteiger partial charge in [0.1, 0.15) is 5.03 Å². The molecule has 0 spiro atoms. The number of hydrogen-bond donors (Lipinski definition) is 0. The molecule has 0 saturated carbocycles. The first-order valence-corrected chi connectivity index (χ1v) is 6.30. The lowest BCUT2D eigenvalue weighted by Gasteiger charge is -2.07. The Labute approximate surface area is 112 Å². The lowest BCUT2D eigenvalue weighted by Crippen LogP contribution is -1.95. The van der Waals surface area contributed by atoms with Crippen LogP contribution < -0.4 is 0 Å². The summed E-state index contributed by atoms with van der Waals surface area (Å²) in [7, 11) is 0. The lowest BCUT2D eigenvalue weighted by molar-refractivity contribution is 0.506. The monoisotopic (exact) mass is 286 g/mol. The summed E-state index contributed by atoms with van der Waals surface area (Å²) in [6, 6.07) is 3.71. The largest absolute Gasteiger partial charge is 0.204 e. The van der Waals surface area contributed by atoms with Gasteiger partial charge in [-0.25, -0.2) is 8.78 Å². The van der Waals surface area contributed by atoms with Gasteiger partial charge in [0.25, 0.3) is 0 Å². The van der Waals surface area contributed by atoms with Gasteiger partial charge in [0.05, 0.1) is 0 Å².